The average Bonchev–Trinajstić information content (AvgIpc) is 2.27. The lowest BCUT2D eigenvalue weighted by molar-refractivity contribution is 0.0403. The largest absolute Gasteiger partial charge is 0.358 e. The molecular formula is C11H10N2O. The minimum atomic E-state index is -1.13. The highest BCUT2D eigenvalue weighted by molar-refractivity contribution is 5.30. The van der Waals surface area contributed by atoms with Gasteiger partial charge in [-0.2, -0.15) is 10.5 Å². The van der Waals surface area contributed by atoms with Crippen molar-refractivity contribution in [2.75, 3.05) is 7.11 Å². The summed E-state index contributed by atoms with van der Waals surface area (Å²) in [5.74, 6) is 0. The molecule has 14 heavy (non-hydrogen) atoms. The lowest BCUT2D eigenvalue weighted by Crippen LogP contribution is -2.25. The molecule has 0 saturated heterocycles. The van der Waals surface area contributed by atoms with Crippen LogP contribution < -0.4 is 0 Å². The Morgan fingerprint density at radius 1 is 1.29 bits per heavy atom. The molecule has 0 heterocycles. The van der Waals surface area contributed by atoms with E-state index in [1.165, 1.54) is 7.11 Å². The van der Waals surface area contributed by atoms with E-state index in [1.54, 1.807) is 12.1 Å². The Hall–Kier alpha value is -1.84. The summed E-state index contributed by atoms with van der Waals surface area (Å²) in [6.45, 7) is 0. The first-order chi connectivity index (χ1) is 6.79. The van der Waals surface area contributed by atoms with Gasteiger partial charge in [0.1, 0.15) is 6.07 Å². The molecule has 0 bridgehead atoms. The molecule has 0 aliphatic rings. The lowest BCUT2D eigenvalue weighted by atomic mass is 9.92. The number of nitriles is 2. The first kappa shape index (κ1) is 10.2. The second kappa shape index (κ2) is 4.41. The number of ether oxygens (including phenoxy) is 1. The molecule has 0 fully saturated rings. The van der Waals surface area contributed by atoms with Gasteiger partial charge in [0.2, 0.25) is 0 Å². The maximum atomic E-state index is 9.03. The number of methoxy groups -OCH3 is 1. The topological polar surface area (TPSA) is 56.8 Å². The number of hydrogen-bond acceptors (Lipinski definition) is 3. The van der Waals surface area contributed by atoms with Crippen LogP contribution in [0.1, 0.15) is 12.0 Å². The van der Waals surface area contributed by atoms with Crippen molar-refractivity contribution in [1.29, 1.82) is 10.5 Å². The number of rotatable bonds is 3. The Kier molecular flexibility index (Phi) is 3.23. The van der Waals surface area contributed by atoms with E-state index in [4.69, 9.17) is 15.3 Å². The van der Waals surface area contributed by atoms with Crippen LogP contribution in [0.3, 0.4) is 0 Å². The summed E-state index contributed by atoms with van der Waals surface area (Å²) in [5, 5.41) is 17.7. The van der Waals surface area contributed by atoms with Crippen LogP contribution in [0, 0.1) is 22.7 Å². The number of hydrogen-bond donors (Lipinski definition) is 0. The quantitative estimate of drug-likeness (QED) is 0.725. The minimum absolute atomic E-state index is 0.0318. The van der Waals surface area contributed by atoms with E-state index in [9.17, 15) is 0 Å². The molecule has 3 heteroatoms. The van der Waals surface area contributed by atoms with Gasteiger partial charge in [-0.1, -0.05) is 30.3 Å². The van der Waals surface area contributed by atoms with E-state index < -0.39 is 5.60 Å². The molecule has 0 saturated carbocycles. The molecule has 0 spiro atoms. The minimum Gasteiger partial charge on any atom is -0.358 e. The predicted octanol–water partition coefficient (Wildman–Crippen LogP) is 1.97. The van der Waals surface area contributed by atoms with Crippen LogP contribution in [0.5, 0.6) is 0 Å². The van der Waals surface area contributed by atoms with Crippen molar-refractivity contribution in [2.45, 2.75) is 12.0 Å². The summed E-state index contributed by atoms with van der Waals surface area (Å²) in [6.07, 6.45) is 0.0318. The van der Waals surface area contributed by atoms with Crippen molar-refractivity contribution < 1.29 is 4.74 Å². The van der Waals surface area contributed by atoms with Gasteiger partial charge in [0, 0.05) is 7.11 Å². The fraction of sp³-hybridized carbons (Fsp3) is 0.273. The summed E-state index contributed by atoms with van der Waals surface area (Å²) < 4.78 is 5.13. The van der Waals surface area contributed by atoms with E-state index in [-0.39, 0.29) is 6.42 Å². The Balaban J connectivity index is 3.14. The normalized spacial score (nSPS) is 13.6. The van der Waals surface area contributed by atoms with Gasteiger partial charge in [0.25, 0.3) is 0 Å². The van der Waals surface area contributed by atoms with Crippen LogP contribution in [0.4, 0.5) is 0 Å². The molecule has 0 radical (unpaired) electrons. The summed E-state index contributed by atoms with van der Waals surface area (Å²) >= 11 is 0. The SMILES string of the molecule is COC(C#N)(CC#N)c1ccccc1. The van der Waals surface area contributed by atoms with Gasteiger partial charge in [0.05, 0.1) is 12.5 Å². The van der Waals surface area contributed by atoms with Gasteiger partial charge in [0.15, 0.2) is 5.60 Å². The van der Waals surface area contributed by atoms with Crippen LogP contribution >= 0.6 is 0 Å². The molecule has 1 rings (SSSR count). The molecule has 0 aromatic heterocycles. The van der Waals surface area contributed by atoms with E-state index in [1.807, 2.05) is 30.3 Å². The van der Waals surface area contributed by atoms with Crippen LogP contribution in [0.15, 0.2) is 30.3 Å². The van der Waals surface area contributed by atoms with Gasteiger partial charge in [-0.25, -0.2) is 0 Å². The molecule has 3 nitrogen and oxygen atoms in total. The first-order valence-corrected chi connectivity index (χ1v) is 4.18. The third-order valence-electron chi connectivity index (χ3n) is 2.10. The second-order valence-electron chi connectivity index (χ2n) is 2.84. The van der Waals surface area contributed by atoms with Crippen LogP contribution in [0.2, 0.25) is 0 Å². The van der Waals surface area contributed by atoms with Crippen molar-refractivity contribution in [2.24, 2.45) is 0 Å². The summed E-state index contributed by atoms with van der Waals surface area (Å²) in [5.41, 5.74) is -0.415. The molecule has 0 aliphatic carbocycles. The second-order valence-corrected chi connectivity index (χ2v) is 2.84. The van der Waals surface area contributed by atoms with Crippen LogP contribution in [-0.2, 0) is 10.3 Å². The molecule has 0 N–H and O–H groups in total. The third kappa shape index (κ3) is 1.74. The summed E-state index contributed by atoms with van der Waals surface area (Å²) in [4.78, 5) is 0. The fourth-order valence-corrected chi connectivity index (χ4v) is 1.26. The van der Waals surface area contributed by atoms with E-state index in [0.717, 1.165) is 0 Å². The van der Waals surface area contributed by atoms with Crippen LogP contribution in [-0.4, -0.2) is 7.11 Å². The monoisotopic (exact) mass is 186 g/mol. The van der Waals surface area contributed by atoms with Gasteiger partial charge >= 0.3 is 0 Å². The first-order valence-electron chi connectivity index (χ1n) is 4.18. The summed E-state index contributed by atoms with van der Waals surface area (Å²) in [6, 6.07) is 13.1. The van der Waals surface area contributed by atoms with Crippen molar-refractivity contribution >= 4 is 0 Å². The van der Waals surface area contributed by atoms with E-state index >= 15 is 0 Å². The molecule has 1 atom stereocenters. The fourth-order valence-electron chi connectivity index (χ4n) is 1.26. The zero-order valence-electron chi connectivity index (χ0n) is 7.90. The smallest absolute Gasteiger partial charge is 0.192 e. The molecule has 1 aromatic carbocycles. The third-order valence-corrected chi connectivity index (χ3v) is 2.10. The molecular weight excluding hydrogens is 176 g/mol. The highest BCUT2D eigenvalue weighted by Gasteiger charge is 2.31. The standard InChI is InChI=1S/C11H10N2O/c1-14-11(9-13,7-8-12)10-5-3-2-4-6-10/h2-6H,7H2,1H3. The molecule has 1 unspecified atom stereocenters. The highest BCUT2D eigenvalue weighted by atomic mass is 16.5. The average molecular weight is 186 g/mol. The summed E-state index contributed by atoms with van der Waals surface area (Å²) in [7, 11) is 1.44. The Labute approximate surface area is 83.2 Å². The lowest BCUT2D eigenvalue weighted by Gasteiger charge is -2.22. The van der Waals surface area contributed by atoms with Crippen molar-refractivity contribution in [3.8, 4) is 12.1 Å². The van der Waals surface area contributed by atoms with Crippen molar-refractivity contribution in [1.82, 2.24) is 0 Å². The van der Waals surface area contributed by atoms with Gasteiger partial charge in [-0.15, -0.1) is 0 Å². The highest BCUT2D eigenvalue weighted by Crippen LogP contribution is 2.27. The molecule has 0 amide bonds. The van der Waals surface area contributed by atoms with E-state index in [0.29, 0.717) is 5.56 Å². The van der Waals surface area contributed by atoms with Crippen molar-refractivity contribution in [3.05, 3.63) is 35.9 Å². The molecule has 1 aromatic rings. The molecule has 70 valence electrons. The van der Waals surface area contributed by atoms with Gasteiger partial charge < -0.3 is 4.74 Å². The Bertz CT molecular complexity index is 375. The number of benzene rings is 1. The van der Waals surface area contributed by atoms with Gasteiger partial charge in [-0.3, -0.25) is 0 Å². The Morgan fingerprint density at radius 3 is 2.36 bits per heavy atom. The molecule has 0 aliphatic heterocycles. The van der Waals surface area contributed by atoms with Crippen LogP contribution in [0.25, 0.3) is 0 Å². The Morgan fingerprint density at radius 2 is 1.93 bits per heavy atom. The van der Waals surface area contributed by atoms with E-state index in [2.05, 4.69) is 0 Å². The maximum absolute atomic E-state index is 9.03. The van der Waals surface area contributed by atoms with Crippen molar-refractivity contribution in [3.63, 3.8) is 0 Å². The van der Waals surface area contributed by atoms with Gasteiger partial charge in [-0.05, 0) is 5.56 Å². The zero-order chi connectivity index (χ0) is 10.4. The zero-order valence-corrected chi connectivity index (χ0v) is 7.90. The maximum Gasteiger partial charge on any atom is 0.192 e. The predicted molar refractivity (Wildman–Crippen MR) is 51.0 cm³/mol. The number of nitrogens with zero attached hydrogens (tertiary/aromatic N) is 2.